The Hall–Kier alpha value is -1.50. The van der Waals surface area contributed by atoms with E-state index < -0.39 is 15.7 Å². The first kappa shape index (κ1) is 14.6. The molecule has 0 amide bonds. The van der Waals surface area contributed by atoms with Crippen LogP contribution in [0.3, 0.4) is 0 Å². The molecule has 0 saturated heterocycles. The van der Waals surface area contributed by atoms with Crippen LogP contribution in [-0.4, -0.2) is 33.6 Å². The average molecular weight is 276 g/mol. The molecule has 0 aliphatic carbocycles. The standard InChI is InChI=1S/C11H17FN2O3S/c1-3-18(15,16)5-4-14-10-7-11(17-2)8(12)6-9(10)13/h6-7,14H,3-5,13H2,1-2H3. The van der Waals surface area contributed by atoms with Gasteiger partial charge in [-0.2, -0.15) is 0 Å². The second-order valence-electron chi connectivity index (χ2n) is 3.74. The summed E-state index contributed by atoms with van der Waals surface area (Å²) >= 11 is 0. The molecule has 0 radical (unpaired) electrons. The van der Waals surface area contributed by atoms with Crippen LogP contribution in [0.25, 0.3) is 0 Å². The van der Waals surface area contributed by atoms with Crippen LogP contribution in [0.2, 0.25) is 0 Å². The molecule has 3 N–H and O–H groups in total. The van der Waals surface area contributed by atoms with E-state index in [1.54, 1.807) is 6.92 Å². The molecule has 0 unspecified atom stereocenters. The minimum Gasteiger partial charge on any atom is -0.494 e. The van der Waals surface area contributed by atoms with Gasteiger partial charge in [0.2, 0.25) is 0 Å². The highest BCUT2D eigenvalue weighted by Gasteiger charge is 2.10. The van der Waals surface area contributed by atoms with Gasteiger partial charge in [-0.3, -0.25) is 0 Å². The number of sulfone groups is 1. The second kappa shape index (κ2) is 5.90. The number of methoxy groups -OCH3 is 1. The van der Waals surface area contributed by atoms with Crippen molar-refractivity contribution >= 4 is 21.2 Å². The van der Waals surface area contributed by atoms with Gasteiger partial charge in [-0.15, -0.1) is 0 Å². The Morgan fingerprint density at radius 1 is 1.44 bits per heavy atom. The third-order valence-electron chi connectivity index (χ3n) is 2.49. The summed E-state index contributed by atoms with van der Waals surface area (Å²) in [5.41, 5.74) is 6.29. The van der Waals surface area contributed by atoms with Crippen molar-refractivity contribution in [3.63, 3.8) is 0 Å². The van der Waals surface area contributed by atoms with Crippen molar-refractivity contribution in [1.82, 2.24) is 0 Å². The minimum absolute atomic E-state index is 0.00261. The molecule has 1 aromatic carbocycles. The summed E-state index contributed by atoms with van der Waals surface area (Å²) in [5, 5.41) is 2.85. The van der Waals surface area contributed by atoms with E-state index in [2.05, 4.69) is 5.32 Å². The van der Waals surface area contributed by atoms with Gasteiger partial charge in [0.1, 0.15) is 0 Å². The number of halogens is 1. The Kier molecular flexibility index (Phi) is 4.77. The maximum Gasteiger partial charge on any atom is 0.167 e. The molecule has 0 heterocycles. The first-order chi connectivity index (χ1) is 8.39. The molecule has 0 saturated carbocycles. The van der Waals surface area contributed by atoms with Crippen LogP contribution in [0.5, 0.6) is 5.75 Å². The molecular formula is C11H17FN2O3S. The van der Waals surface area contributed by atoms with Crippen LogP contribution >= 0.6 is 0 Å². The summed E-state index contributed by atoms with van der Waals surface area (Å²) in [5.74, 6) is -0.397. The molecule has 0 aliphatic rings. The van der Waals surface area contributed by atoms with Crippen LogP contribution < -0.4 is 15.8 Å². The summed E-state index contributed by atoms with van der Waals surface area (Å²) in [6.45, 7) is 1.81. The van der Waals surface area contributed by atoms with E-state index >= 15 is 0 Å². The number of nitrogens with two attached hydrogens (primary N) is 1. The molecule has 0 bridgehead atoms. The molecule has 7 heteroatoms. The number of hydrogen-bond acceptors (Lipinski definition) is 5. The van der Waals surface area contributed by atoms with Crippen molar-refractivity contribution < 1.29 is 17.5 Å². The Morgan fingerprint density at radius 2 is 2.11 bits per heavy atom. The van der Waals surface area contributed by atoms with E-state index in [1.807, 2.05) is 0 Å². The number of hydrogen-bond donors (Lipinski definition) is 2. The van der Waals surface area contributed by atoms with Crippen molar-refractivity contribution in [2.24, 2.45) is 0 Å². The van der Waals surface area contributed by atoms with Crippen molar-refractivity contribution in [2.45, 2.75) is 6.92 Å². The second-order valence-corrected chi connectivity index (χ2v) is 6.21. The van der Waals surface area contributed by atoms with Gasteiger partial charge >= 0.3 is 0 Å². The molecule has 0 fully saturated rings. The fourth-order valence-corrected chi connectivity index (χ4v) is 2.07. The van der Waals surface area contributed by atoms with Gasteiger partial charge in [-0.25, -0.2) is 12.8 Å². The topological polar surface area (TPSA) is 81.4 Å². The van der Waals surface area contributed by atoms with E-state index in [1.165, 1.54) is 13.2 Å². The highest BCUT2D eigenvalue weighted by molar-refractivity contribution is 7.91. The Bertz CT molecular complexity index is 517. The van der Waals surface area contributed by atoms with Crippen molar-refractivity contribution in [3.8, 4) is 5.75 Å². The van der Waals surface area contributed by atoms with Crippen molar-refractivity contribution in [1.29, 1.82) is 0 Å². The first-order valence-corrected chi connectivity index (χ1v) is 7.29. The van der Waals surface area contributed by atoms with E-state index in [9.17, 15) is 12.8 Å². The number of ether oxygens (including phenoxy) is 1. The lowest BCUT2D eigenvalue weighted by atomic mass is 10.2. The number of rotatable bonds is 6. The summed E-state index contributed by atoms with van der Waals surface area (Å²) in [7, 11) is -1.69. The molecule has 0 spiro atoms. The van der Waals surface area contributed by atoms with Gasteiger partial charge in [0.05, 0.1) is 24.2 Å². The fraction of sp³-hybridized carbons (Fsp3) is 0.455. The zero-order chi connectivity index (χ0) is 13.8. The molecule has 0 aliphatic heterocycles. The monoisotopic (exact) mass is 276 g/mol. The fourth-order valence-electron chi connectivity index (χ4n) is 1.36. The zero-order valence-electron chi connectivity index (χ0n) is 10.4. The predicted molar refractivity (Wildman–Crippen MR) is 70.2 cm³/mol. The van der Waals surface area contributed by atoms with E-state index in [0.29, 0.717) is 5.69 Å². The molecule has 0 atom stereocenters. The lowest BCUT2D eigenvalue weighted by Crippen LogP contribution is -2.17. The van der Waals surface area contributed by atoms with E-state index in [-0.39, 0.29) is 29.5 Å². The molecule has 5 nitrogen and oxygen atoms in total. The van der Waals surface area contributed by atoms with Crippen molar-refractivity contribution in [3.05, 3.63) is 17.9 Å². The normalized spacial score (nSPS) is 11.3. The Balaban J connectivity index is 2.74. The Morgan fingerprint density at radius 3 is 2.67 bits per heavy atom. The molecule has 102 valence electrons. The van der Waals surface area contributed by atoms with Crippen LogP contribution in [0, 0.1) is 5.82 Å². The number of anilines is 2. The van der Waals surface area contributed by atoms with Gasteiger partial charge in [0, 0.05) is 24.4 Å². The van der Waals surface area contributed by atoms with Gasteiger partial charge in [0.25, 0.3) is 0 Å². The highest BCUT2D eigenvalue weighted by atomic mass is 32.2. The van der Waals surface area contributed by atoms with Crippen LogP contribution in [0.1, 0.15) is 6.92 Å². The van der Waals surface area contributed by atoms with Crippen LogP contribution in [0.15, 0.2) is 12.1 Å². The predicted octanol–water partition coefficient (Wildman–Crippen LogP) is 1.26. The number of nitrogens with one attached hydrogen (secondary N) is 1. The van der Waals surface area contributed by atoms with Crippen LogP contribution in [-0.2, 0) is 9.84 Å². The van der Waals surface area contributed by atoms with E-state index in [4.69, 9.17) is 10.5 Å². The highest BCUT2D eigenvalue weighted by Crippen LogP contribution is 2.27. The van der Waals surface area contributed by atoms with E-state index in [0.717, 1.165) is 6.07 Å². The third kappa shape index (κ3) is 3.76. The maximum absolute atomic E-state index is 13.3. The lowest BCUT2D eigenvalue weighted by molar-refractivity contribution is 0.387. The number of nitrogen functional groups attached to an aromatic ring is 1. The smallest absolute Gasteiger partial charge is 0.167 e. The average Bonchev–Trinajstić information content (AvgIpc) is 2.32. The SMILES string of the molecule is CCS(=O)(=O)CCNc1cc(OC)c(F)cc1N. The lowest BCUT2D eigenvalue weighted by Gasteiger charge is -2.11. The minimum atomic E-state index is -3.03. The summed E-state index contributed by atoms with van der Waals surface area (Å²) in [6.07, 6.45) is 0. The molecule has 18 heavy (non-hydrogen) atoms. The summed E-state index contributed by atoms with van der Waals surface area (Å²) in [4.78, 5) is 0. The van der Waals surface area contributed by atoms with Gasteiger partial charge in [-0.05, 0) is 0 Å². The van der Waals surface area contributed by atoms with Crippen LogP contribution in [0.4, 0.5) is 15.8 Å². The van der Waals surface area contributed by atoms with Crippen molar-refractivity contribution in [2.75, 3.05) is 36.2 Å². The van der Waals surface area contributed by atoms with Gasteiger partial charge in [-0.1, -0.05) is 6.92 Å². The number of benzene rings is 1. The summed E-state index contributed by atoms with van der Waals surface area (Å²) < 4.78 is 40.7. The molecule has 0 aromatic heterocycles. The molecule has 1 aromatic rings. The zero-order valence-corrected chi connectivity index (χ0v) is 11.2. The first-order valence-electron chi connectivity index (χ1n) is 5.47. The van der Waals surface area contributed by atoms with Gasteiger partial charge < -0.3 is 15.8 Å². The third-order valence-corrected chi connectivity index (χ3v) is 4.20. The Labute approximate surface area is 106 Å². The summed E-state index contributed by atoms with van der Waals surface area (Å²) in [6, 6.07) is 2.54. The maximum atomic E-state index is 13.3. The molecular weight excluding hydrogens is 259 g/mol. The molecule has 1 rings (SSSR count). The largest absolute Gasteiger partial charge is 0.494 e. The quantitative estimate of drug-likeness (QED) is 0.765. The van der Waals surface area contributed by atoms with Gasteiger partial charge in [0.15, 0.2) is 21.4 Å².